The number of hydrogen-bond acceptors (Lipinski definition) is 3. The van der Waals surface area contributed by atoms with Gasteiger partial charge in [0.2, 0.25) is 0 Å². The van der Waals surface area contributed by atoms with Crippen LogP contribution in [0.15, 0.2) is 78.9 Å². The van der Waals surface area contributed by atoms with Crippen LogP contribution in [0.5, 0.6) is 0 Å². The number of hydrogen-bond donors (Lipinski definition) is 1. The Bertz CT molecular complexity index is 1060. The van der Waals surface area contributed by atoms with E-state index in [1.165, 1.54) is 30.3 Å². The smallest absolute Gasteiger partial charge is 0.185 e. The molecule has 3 unspecified atom stereocenters. The molecule has 1 N–H and O–H groups in total. The Balaban J connectivity index is 1.43. The lowest BCUT2D eigenvalue weighted by Gasteiger charge is -2.34. The van der Waals surface area contributed by atoms with Crippen LogP contribution in [0.2, 0.25) is 5.02 Å². The zero-order valence-electron chi connectivity index (χ0n) is 16.7. The van der Waals surface area contributed by atoms with Gasteiger partial charge in [-0.1, -0.05) is 54.1 Å². The molecule has 3 aromatic rings. The van der Waals surface area contributed by atoms with Gasteiger partial charge in [0.1, 0.15) is 5.82 Å². The van der Waals surface area contributed by atoms with Crippen molar-refractivity contribution in [1.82, 2.24) is 0 Å². The molecule has 1 fully saturated rings. The summed E-state index contributed by atoms with van der Waals surface area (Å²) in [7, 11) is 0. The van der Waals surface area contributed by atoms with Crippen LogP contribution in [0.25, 0.3) is 6.08 Å². The van der Waals surface area contributed by atoms with Crippen LogP contribution in [-0.4, -0.2) is 17.0 Å². The maximum atomic E-state index is 13.0. The highest BCUT2D eigenvalue weighted by Crippen LogP contribution is 2.39. The molecule has 5 heteroatoms. The summed E-state index contributed by atoms with van der Waals surface area (Å²) in [4.78, 5) is 12.2. The Morgan fingerprint density at radius 2 is 1.45 bits per heavy atom. The Morgan fingerprint density at radius 3 is 2.03 bits per heavy atom. The molecule has 0 amide bonds. The number of aliphatic hydroxyl groups is 1. The van der Waals surface area contributed by atoms with Crippen molar-refractivity contribution in [3.63, 3.8) is 0 Å². The molecule has 0 aromatic heterocycles. The number of carbonyl (C=O) groups excluding carboxylic acids is 1. The Kier molecular flexibility index (Phi) is 6.62. The van der Waals surface area contributed by atoms with E-state index in [1.807, 2.05) is 48.5 Å². The molecule has 0 spiro atoms. The van der Waals surface area contributed by atoms with E-state index in [0.717, 1.165) is 16.7 Å². The zero-order valence-corrected chi connectivity index (χ0v) is 17.5. The van der Waals surface area contributed by atoms with Crippen molar-refractivity contribution in [1.29, 1.82) is 0 Å². The van der Waals surface area contributed by atoms with E-state index in [-0.39, 0.29) is 23.8 Å². The van der Waals surface area contributed by atoms with Crippen LogP contribution in [0, 0.1) is 5.82 Å². The number of rotatable bonds is 5. The monoisotopic (exact) mass is 436 g/mol. The quantitative estimate of drug-likeness (QED) is 0.375. The number of aliphatic hydroxyl groups excluding tert-OH is 1. The normalized spacial score (nSPS) is 21.3. The van der Waals surface area contributed by atoms with Gasteiger partial charge in [-0.25, -0.2) is 4.39 Å². The van der Waals surface area contributed by atoms with Crippen molar-refractivity contribution < 1.29 is 19.0 Å². The first-order valence-corrected chi connectivity index (χ1v) is 10.5. The molecule has 3 nitrogen and oxygen atoms in total. The topological polar surface area (TPSA) is 46.5 Å². The van der Waals surface area contributed by atoms with Crippen LogP contribution in [0.4, 0.5) is 4.39 Å². The average molecular weight is 437 g/mol. The molecule has 0 radical (unpaired) electrons. The molecule has 1 aliphatic heterocycles. The predicted octanol–water partition coefficient (Wildman–Crippen LogP) is 6.33. The maximum absolute atomic E-state index is 13.0. The van der Waals surface area contributed by atoms with Gasteiger partial charge in [0, 0.05) is 23.4 Å². The molecule has 3 aromatic carbocycles. The van der Waals surface area contributed by atoms with Crippen molar-refractivity contribution in [2.24, 2.45) is 0 Å². The minimum absolute atomic E-state index is 0.186. The first-order valence-electron chi connectivity index (χ1n) is 10.1. The van der Waals surface area contributed by atoms with E-state index in [2.05, 4.69) is 0 Å². The summed E-state index contributed by atoms with van der Waals surface area (Å²) >= 11 is 5.97. The summed E-state index contributed by atoms with van der Waals surface area (Å²) in [5.41, 5.74) is 3.27. The fraction of sp³-hybridized carbons (Fsp3) is 0.192. The van der Waals surface area contributed by atoms with Crippen molar-refractivity contribution in [2.75, 3.05) is 0 Å². The first-order chi connectivity index (χ1) is 15.0. The third kappa shape index (κ3) is 5.47. The molecular formula is C26H22ClFO3. The molecular weight excluding hydrogens is 415 g/mol. The standard InChI is InChI=1S/C26H22ClFO3/c27-21-10-6-20(7-11-21)26-16-23(29)15-25(31-26)19-4-1-17(2-5-19)3-14-24(30)18-8-12-22(28)13-9-18/h1-14,23,25-26,29H,15-16H2/b14-3+. The first kappa shape index (κ1) is 21.4. The minimum atomic E-state index is -0.452. The van der Waals surface area contributed by atoms with Gasteiger partial charge in [0.15, 0.2) is 5.78 Å². The van der Waals surface area contributed by atoms with Gasteiger partial charge < -0.3 is 9.84 Å². The van der Waals surface area contributed by atoms with Crippen molar-refractivity contribution in [3.05, 3.63) is 112 Å². The van der Waals surface area contributed by atoms with Crippen LogP contribution in [0.3, 0.4) is 0 Å². The fourth-order valence-electron chi connectivity index (χ4n) is 3.71. The lowest BCUT2D eigenvalue weighted by molar-refractivity contribution is -0.0998. The van der Waals surface area contributed by atoms with Crippen LogP contribution in [-0.2, 0) is 4.74 Å². The van der Waals surface area contributed by atoms with Gasteiger partial charge in [-0.3, -0.25) is 4.79 Å². The summed E-state index contributed by atoms with van der Waals surface area (Å²) in [6, 6.07) is 20.7. The van der Waals surface area contributed by atoms with Crippen molar-refractivity contribution >= 4 is 23.5 Å². The van der Waals surface area contributed by atoms with Crippen LogP contribution < -0.4 is 0 Å². The molecule has 3 atom stereocenters. The summed E-state index contributed by atoms with van der Waals surface area (Å²) in [6.45, 7) is 0. The Morgan fingerprint density at radius 1 is 0.903 bits per heavy atom. The second-order valence-corrected chi connectivity index (χ2v) is 8.10. The Hall–Kier alpha value is -2.79. The summed E-state index contributed by atoms with van der Waals surface area (Å²) in [5, 5.41) is 11.0. The second kappa shape index (κ2) is 9.56. The molecule has 31 heavy (non-hydrogen) atoms. The molecule has 1 aliphatic rings. The van der Waals surface area contributed by atoms with Gasteiger partial charge in [0.25, 0.3) is 0 Å². The van der Waals surface area contributed by atoms with E-state index in [4.69, 9.17) is 16.3 Å². The molecule has 0 saturated carbocycles. The highest BCUT2D eigenvalue weighted by molar-refractivity contribution is 6.30. The molecule has 0 aliphatic carbocycles. The number of halogens is 2. The summed E-state index contributed by atoms with van der Waals surface area (Å²) in [5.74, 6) is -0.557. The van der Waals surface area contributed by atoms with Crippen molar-refractivity contribution in [2.45, 2.75) is 31.2 Å². The summed E-state index contributed by atoms with van der Waals surface area (Å²) < 4.78 is 19.3. The van der Waals surface area contributed by atoms with Gasteiger partial charge in [-0.15, -0.1) is 0 Å². The fourth-order valence-corrected chi connectivity index (χ4v) is 3.84. The number of ketones is 1. The Labute approximate surface area is 185 Å². The number of allylic oxidation sites excluding steroid dienone is 1. The van der Waals surface area contributed by atoms with E-state index in [0.29, 0.717) is 23.4 Å². The second-order valence-electron chi connectivity index (χ2n) is 7.66. The number of ether oxygens (including phenoxy) is 1. The number of carbonyl (C=O) groups is 1. The van der Waals surface area contributed by atoms with Gasteiger partial charge in [-0.2, -0.15) is 0 Å². The highest BCUT2D eigenvalue weighted by Gasteiger charge is 2.30. The summed E-state index contributed by atoms with van der Waals surface area (Å²) in [6.07, 6.45) is 3.41. The molecule has 0 bridgehead atoms. The third-order valence-electron chi connectivity index (χ3n) is 5.41. The zero-order chi connectivity index (χ0) is 21.8. The van der Waals surface area contributed by atoms with Gasteiger partial charge >= 0.3 is 0 Å². The van der Waals surface area contributed by atoms with Gasteiger partial charge in [-0.05, 0) is 59.2 Å². The van der Waals surface area contributed by atoms with Crippen molar-refractivity contribution in [3.8, 4) is 0 Å². The lowest BCUT2D eigenvalue weighted by Crippen LogP contribution is -2.26. The molecule has 158 valence electrons. The van der Waals surface area contributed by atoms with Crippen LogP contribution >= 0.6 is 11.6 Å². The van der Waals surface area contributed by atoms with E-state index < -0.39 is 6.10 Å². The SMILES string of the molecule is O=C(/C=C/c1ccc(C2CC(O)CC(c3ccc(Cl)cc3)O2)cc1)c1ccc(F)cc1. The van der Waals surface area contributed by atoms with Gasteiger partial charge in [0.05, 0.1) is 18.3 Å². The third-order valence-corrected chi connectivity index (χ3v) is 5.66. The van der Waals surface area contributed by atoms with Crippen LogP contribution in [0.1, 0.15) is 52.1 Å². The lowest BCUT2D eigenvalue weighted by atomic mass is 9.92. The molecule has 1 saturated heterocycles. The predicted molar refractivity (Wildman–Crippen MR) is 119 cm³/mol. The highest BCUT2D eigenvalue weighted by atomic mass is 35.5. The maximum Gasteiger partial charge on any atom is 0.185 e. The molecule has 1 heterocycles. The number of benzene rings is 3. The largest absolute Gasteiger partial charge is 0.393 e. The molecule has 4 rings (SSSR count). The minimum Gasteiger partial charge on any atom is -0.393 e. The average Bonchev–Trinajstić information content (AvgIpc) is 2.78. The van der Waals surface area contributed by atoms with E-state index in [9.17, 15) is 14.3 Å². The van der Waals surface area contributed by atoms with E-state index in [1.54, 1.807) is 6.08 Å². The van der Waals surface area contributed by atoms with E-state index >= 15 is 0 Å².